The van der Waals surface area contributed by atoms with Crippen molar-refractivity contribution in [2.24, 2.45) is 0 Å². The quantitative estimate of drug-likeness (QED) is 0.212. The van der Waals surface area contributed by atoms with Gasteiger partial charge in [0.05, 0.1) is 29.0 Å². The Bertz CT molecular complexity index is 1660. The Morgan fingerprint density at radius 2 is 1.42 bits per heavy atom. The van der Waals surface area contributed by atoms with Crippen LogP contribution in [0, 0.1) is 0 Å². The zero-order chi connectivity index (χ0) is 38.6. The Labute approximate surface area is 301 Å². The van der Waals surface area contributed by atoms with E-state index in [0.29, 0.717) is 11.2 Å². The van der Waals surface area contributed by atoms with E-state index in [1.165, 1.54) is 6.33 Å². The van der Waals surface area contributed by atoms with Crippen LogP contribution in [-0.2, 0) is 23.8 Å². The highest BCUT2D eigenvalue weighted by molar-refractivity contribution is 8.27. The third-order valence-electron chi connectivity index (χ3n) is 8.26. The second-order valence-electron chi connectivity index (χ2n) is 15.4. The topological polar surface area (TPSA) is 163 Å². The molecule has 0 aliphatic carbocycles. The number of hydrogen-bond acceptors (Lipinski definition) is 10. The van der Waals surface area contributed by atoms with E-state index in [0.717, 1.165) is 36.5 Å². The molecule has 3 heterocycles. The summed E-state index contributed by atoms with van der Waals surface area (Å²) in [6.45, 7) is 27.4. The predicted octanol–water partition coefficient (Wildman–Crippen LogP) is 9.18. The first-order valence-corrected chi connectivity index (χ1v) is 20.0. The number of nitrogens with zero attached hydrogens (tertiary/aromatic N) is 4. The number of hydrogen-bond donors (Lipinski definition) is 2. The van der Waals surface area contributed by atoms with Crippen LogP contribution in [0.1, 0.15) is 150 Å². The van der Waals surface area contributed by atoms with Gasteiger partial charge >= 0.3 is 10.1 Å². The maximum atomic E-state index is 13.7. The lowest BCUT2D eigenvalue weighted by atomic mass is 9.89. The van der Waals surface area contributed by atoms with E-state index in [9.17, 15) is 13.0 Å². The fourth-order valence-corrected chi connectivity index (χ4v) is 10.2. The summed E-state index contributed by atoms with van der Waals surface area (Å²) in [6, 6.07) is 3.97. The molecule has 2 N–H and O–H groups in total. The zero-order valence-corrected chi connectivity index (χ0v) is 34.2. The van der Waals surface area contributed by atoms with Crippen molar-refractivity contribution in [1.29, 1.82) is 0 Å². The van der Waals surface area contributed by atoms with Gasteiger partial charge in [0, 0.05) is 6.92 Å². The standard InChI is InChI=1S/C25H34N4O4S.C9H22O2S.C2H4O2/c1-14(2)18-10-19(15(3)4)23(20(11-18)16(5)6)34(30,31)33-25-22-24(26-12-27-25)29(13-28-22)21-9-8-17(7)32-21;1-8(2,3)12(10,11-7)9(4,5)6;1-2(3)4/h10-17,21H,8-9H2,1-7H3;10H,1-7H3;1H3,(H,3,4)/t17?,21-;;/m1../s1. The van der Waals surface area contributed by atoms with E-state index < -0.39 is 26.7 Å². The van der Waals surface area contributed by atoms with Crippen molar-refractivity contribution in [3.63, 3.8) is 0 Å². The number of benzene rings is 1. The van der Waals surface area contributed by atoms with Gasteiger partial charge in [0.2, 0.25) is 0 Å². The molecular weight excluding hydrogens is 681 g/mol. The molecule has 1 unspecified atom stereocenters. The Morgan fingerprint density at radius 1 is 0.920 bits per heavy atom. The number of imidazole rings is 1. The van der Waals surface area contributed by atoms with Crippen LogP contribution < -0.4 is 4.18 Å². The van der Waals surface area contributed by atoms with Gasteiger partial charge in [-0.2, -0.15) is 24.0 Å². The highest BCUT2D eigenvalue weighted by Crippen LogP contribution is 2.64. The molecule has 0 spiro atoms. The minimum absolute atomic E-state index is 0.00398. The van der Waals surface area contributed by atoms with E-state index in [4.69, 9.17) is 23.0 Å². The van der Waals surface area contributed by atoms with Crippen LogP contribution >= 0.6 is 10.6 Å². The normalized spacial score (nSPS) is 17.4. The van der Waals surface area contributed by atoms with Crippen molar-refractivity contribution in [2.75, 3.05) is 7.11 Å². The molecule has 1 aromatic carbocycles. The molecule has 284 valence electrons. The van der Waals surface area contributed by atoms with E-state index in [1.807, 2.05) is 92.9 Å². The fourth-order valence-electron chi connectivity index (χ4n) is 5.83. The van der Waals surface area contributed by atoms with Gasteiger partial charge in [-0.3, -0.25) is 18.1 Å². The number of ether oxygens (including phenoxy) is 1. The van der Waals surface area contributed by atoms with Crippen LogP contribution in [0.25, 0.3) is 11.2 Å². The second kappa shape index (κ2) is 16.7. The summed E-state index contributed by atoms with van der Waals surface area (Å²) in [7, 11) is -4.61. The number of carbonyl (C=O) groups is 1. The van der Waals surface area contributed by atoms with E-state index in [1.54, 1.807) is 13.4 Å². The van der Waals surface area contributed by atoms with Gasteiger partial charge in [0.25, 0.3) is 11.8 Å². The third-order valence-corrected chi connectivity index (χ3v) is 13.4. The van der Waals surface area contributed by atoms with Crippen LogP contribution in [0.5, 0.6) is 5.88 Å². The second-order valence-corrected chi connectivity index (χ2v) is 20.8. The molecule has 3 aromatic rings. The number of aliphatic carboxylic acids is 1. The molecule has 0 amide bonds. The van der Waals surface area contributed by atoms with Crippen molar-refractivity contribution in [3.8, 4) is 5.88 Å². The van der Waals surface area contributed by atoms with Crippen molar-refractivity contribution in [1.82, 2.24) is 19.5 Å². The van der Waals surface area contributed by atoms with Crippen LogP contribution in [0.2, 0.25) is 0 Å². The number of fused-ring (bicyclic) bond motifs is 1. The lowest BCUT2D eigenvalue weighted by Gasteiger charge is -2.56. The SMILES string of the molecule is CC(=O)O.CC1CC[C@H](n2cnc3c(OS(=O)(=O)c4c(C(C)C)cc(C(C)C)cc4C(C)C)ncnc32)O1.COS(O)(C(C)(C)C)C(C)(C)C. The number of carboxylic acid groups (broad SMARTS) is 1. The summed E-state index contributed by atoms with van der Waals surface area (Å²) < 4.78 is 56.2. The highest BCUT2D eigenvalue weighted by Gasteiger charge is 2.41. The maximum Gasteiger partial charge on any atom is 0.341 e. The van der Waals surface area contributed by atoms with Crippen molar-refractivity contribution in [3.05, 3.63) is 41.5 Å². The lowest BCUT2D eigenvalue weighted by Crippen LogP contribution is -2.38. The maximum absolute atomic E-state index is 13.7. The molecule has 0 radical (unpaired) electrons. The average molecular weight is 741 g/mol. The summed E-state index contributed by atoms with van der Waals surface area (Å²) in [6.07, 6.45) is 4.65. The van der Waals surface area contributed by atoms with Crippen LogP contribution in [-0.4, -0.2) is 66.3 Å². The Balaban J connectivity index is 0.000000453. The lowest BCUT2D eigenvalue weighted by molar-refractivity contribution is -0.134. The summed E-state index contributed by atoms with van der Waals surface area (Å²) in [5.41, 5.74) is 3.39. The largest absolute Gasteiger partial charge is 0.481 e. The summed E-state index contributed by atoms with van der Waals surface area (Å²) in [5.74, 6) is -0.641. The van der Waals surface area contributed by atoms with Crippen LogP contribution in [0.15, 0.2) is 29.7 Å². The molecule has 12 nitrogen and oxygen atoms in total. The molecule has 14 heteroatoms. The minimum atomic E-state index is -4.19. The van der Waals surface area contributed by atoms with Crippen LogP contribution in [0.3, 0.4) is 0 Å². The molecule has 1 saturated heterocycles. The summed E-state index contributed by atoms with van der Waals surface area (Å²) >= 11 is 0. The van der Waals surface area contributed by atoms with E-state index in [-0.39, 0.29) is 50.4 Å². The van der Waals surface area contributed by atoms with Crippen LogP contribution in [0.4, 0.5) is 0 Å². The monoisotopic (exact) mass is 740 g/mol. The molecule has 2 aromatic heterocycles. The molecule has 1 fully saturated rings. The van der Waals surface area contributed by atoms with Gasteiger partial charge in [-0.15, -0.1) is 0 Å². The molecule has 1 aliphatic heterocycles. The smallest absolute Gasteiger partial charge is 0.341 e. The van der Waals surface area contributed by atoms with Gasteiger partial charge in [-0.25, -0.2) is 9.97 Å². The Kier molecular flexibility index (Phi) is 14.5. The number of carboxylic acids is 1. The van der Waals surface area contributed by atoms with Gasteiger partial charge < -0.3 is 14.0 Å². The van der Waals surface area contributed by atoms with Gasteiger partial charge in [0.1, 0.15) is 17.5 Å². The predicted molar refractivity (Wildman–Crippen MR) is 201 cm³/mol. The van der Waals surface area contributed by atoms with Gasteiger partial charge in [-0.05, 0) is 95.8 Å². The molecule has 4 rings (SSSR count). The summed E-state index contributed by atoms with van der Waals surface area (Å²) in [4.78, 5) is 22.1. The Morgan fingerprint density at radius 3 is 1.78 bits per heavy atom. The number of rotatable bonds is 8. The molecule has 1 aliphatic rings. The van der Waals surface area contributed by atoms with Gasteiger partial charge in [0.15, 0.2) is 11.2 Å². The average Bonchev–Trinajstić information content (AvgIpc) is 3.61. The van der Waals surface area contributed by atoms with E-state index >= 15 is 0 Å². The van der Waals surface area contributed by atoms with Crippen molar-refractivity contribution in [2.45, 2.75) is 154 Å². The molecule has 0 bridgehead atoms. The summed E-state index contributed by atoms with van der Waals surface area (Å²) in [5, 5.41) is 7.42. The van der Waals surface area contributed by atoms with Crippen molar-refractivity contribution >= 4 is 37.8 Å². The minimum Gasteiger partial charge on any atom is -0.481 e. The molecular formula is C36H60N4O8S2. The Hall–Kier alpha value is -2.78. The fraction of sp³-hybridized carbons (Fsp3) is 0.667. The first-order valence-electron chi connectivity index (χ1n) is 17.0. The van der Waals surface area contributed by atoms with E-state index in [2.05, 4.69) is 28.8 Å². The van der Waals surface area contributed by atoms with Gasteiger partial charge in [-0.1, -0.05) is 53.7 Å². The van der Waals surface area contributed by atoms with Crippen molar-refractivity contribution < 1.29 is 36.0 Å². The molecule has 50 heavy (non-hydrogen) atoms. The first-order chi connectivity index (χ1) is 22.8. The zero-order valence-electron chi connectivity index (χ0n) is 32.6. The number of aromatic nitrogens is 4. The molecule has 0 saturated carbocycles. The third kappa shape index (κ3) is 10.2. The molecule has 2 atom stereocenters. The first kappa shape index (κ1) is 43.4. The highest BCUT2D eigenvalue weighted by atomic mass is 32.3.